The summed E-state index contributed by atoms with van der Waals surface area (Å²) in [6, 6.07) is 14.7. The number of methoxy groups -OCH3 is 1. The lowest BCUT2D eigenvalue weighted by molar-refractivity contribution is -0.126. The Balaban J connectivity index is 1.87. The van der Waals surface area contributed by atoms with Gasteiger partial charge in [-0.15, -0.1) is 0 Å². The van der Waals surface area contributed by atoms with Gasteiger partial charge in [0.1, 0.15) is 0 Å². The van der Waals surface area contributed by atoms with E-state index in [4.69, 9.17) is 9.47 Å². The molecule has 28 heavy (non-hydrogen) atoms. The Morgan fingerprint density at radius 1 is 0.964 bits per heavy atom. The molecule has 6 heteroatoms. The van der Waals surface area contributed by atoms with Crippen molar-refractivity contribution in [2.75, 3.05) is 13.7 Å². The molecule has 0 saturated carbocycles. The zero-order valence-corrected chi connectivity index (χ0v) is 16.8. The van der Waals surface area contributed by atoms with Gasteiger partial charge in [0.2, 0.25) is 11.8 Å². The maximum absolute atomic E-state index is 12.2. The summed E-state index contributed by atoms with van der Waals surface area (Å²) in [6.45, 7) is 5.70. The molecule has 0 aliphatic heterocycles. The minimum Gasteiger partial charge on any atom is -0.493 e. The smallest absolute Gasteiger partial charge is 0.239 e. The Morgan fingerprint density at radius 2 is 1.68 bits per heavy atom. The van der Waals surface area contributed by atoms with Crippen LogP contribution in [-0.4, -0.2) is 31.6 Å². The summed E-state index contributed by atoms with van der Waals surface area (Å²) in [6.07, 6.45) is 0.287. The minimum atomic E-state index is -0.254. The standard InChI is InChI=1S/C22H28N2O4/c1-15(2)28-19-11-10-18(13-20(19)27-4)16(3)24-22(26)14-23-21(25)12-17-8-6-5-7-9-17/h5-11,13,15-16H,12,14H2,1-4H3,(H,23,25)(H,24,26). The SMILES string of the molecule is COc1cc(C(C)NC(=O)CNC(=O)Cc2ccccc2)ccc1OC(C)C. The highest BCUT2D eigenvalue weighted by atomic mass is 16.5. The summed E-state index contributed by atoms with van der Waals surface area (Å²) in [7, 11) is 1.58. The second kappa shape index (κ2) is 10.3. The monoisotopic (exact) mass is 384 g/mol. The van der Waals surface area contributed by atoms with E-state index in [0.29, 0.717) is 11.5 Å². The fourth-order valence-electron chi connectivity index (χ4n) is 2.70. The number of ether oxygens (including phenoxy) is 2. The van der Waals surface area contributed by atoms with Gasteiger partial charge < -0.3 is 20.1 Å². The molecule has 6 nitrogen and oxygen atoms in total. The topological polar surface area (TPSA) is 76.7 Å². The van der Waals surface area contributed by atoms with Crippen molar-refractivity contribution in [1.82, 2.24) is 10.6 Å². The third-order valence-electron chi connectivity index (χ3n) is 4.08. The number of benzene rings is 2. The predicted octanol–water partition coefficient (Wildman–Crippen LogP) is 3.02. The minimum absolute atomic E-state index is 0.0383. The van der Waals surface area contributed by atoms with Gasteiger partial charge in [-0.05, 0) is 44.0 Å². The Bertz CT molecular complexity index is 790. The van der Waals surface area contributed by atoms with Gasteiger partial charge in [-0.2, -0.15) is 0 Å². The Labute approximate surface area is 166 Å². The fourth-order valence-corrected chi connectivity index (χ4v) is 2.70. The molecule has 2 aromatic rings. The molecule has 2 aromatic carbocycles. The van der Waals surface area contributed by atoms with E-state index in [2.05, 4.69) is 10.6 Å². The lowest BCUT2D eigenvalue weighted by Crippen LogP contribution is -2.38. The van der Waals surface area contributed by atoms with Crippen molar-refractivity contribution in [1.29, 1.82) is 0 Å². The Hall–Kier alpha value is -3.02. The molecule has 0 spiro atoms. The zero-order chi connectivity index (χ0) is 20.5. The average molecular weight is 384 g/mol. The van der Waals surface area contributed by atoms with Crippen LogP contribution in [0, 0.1) is 0 Å². The first kappa shape index (κ1) is 21.3. The summed E-state index contributed by atoms with van der Waals surface area (Å²) in [4.78, 5) is 24.1. The van der Waals surface area contributed by atoms with Crippen LogP contribution in [-0.2, 0) is 16.0 Å². The van der Waals surface area contributed by atoms with Crippen LogP contribution < -0.4 is 20.1 Å². The van der Waals surface area contributed by atoms with Crippen LogP contribution in [0.25, 0.3) is 0 Å². The summed E-state index contributed by atoms with van der Waals surface area (Å²) in [5.74, 6) is 0.831. The van der Waals surface area contributed by atoms with Crippen LogP contribution >= 0.6 is 0 Å². The second-order valence-corrected chi connectivity index (χ2v) is 6.81. The van der Waals surface area contributed by atoms with Gasteiger partial charge in [0.25, 0.3) is 0 Å². The van der Waals surface area contributed by atoms with E-state index in [1.165, 1.54) is 0 Å². The van der Waals surface area contributed by atoms with E-state index in [-0.39, 0.29) is 36.9 Å². The molecule has 0 saturated heterocycles. The average Bonchev–Trinajstić information content (AvgIpc) is 2.67. The summed E-state index contributed by atoms with van der Waals surface area (Å²) in [5.41, 5.74) is 1.79. The molecule has 2 amide bonds. The zero-order valence-electron chi connectivity index (χ0n) is 16.8. The predicted molar refractivity (Wildman–Crippen MR) is 108 cm³/mol. The molecule has 1 unspecified atom stereocenters. The van der Waals surface area contributed by atoms with Gasteiger partial charge in [-0.25, -0.2) is 0 Å². The van der Waals surface area contributed by atoms with Crippen LogP contribution in [0.2, 0.25) is 0 Å². The van der Waals surface area contributed by atoms with Crippen LogP contribution in [0.15, 0.2) is 48.5 Å². The molecule has 0 aliphatic rings. The molecule has 150 valence electrons. The van der Waals surface area contributed by atoms with Crippen molar-refractivity contribution < 1.29 is 19.1 Å². The molecule has 0 fully saturated rings. The first-order valence-corrected chi connectivity index (χ1v) is 9.33. The molecule has 2 rings (SSSR count). The molecule has 2 N–H and O–H groups in total. The van der Waals surface area contributed by atoms with E-state index >= 15 is 0 Å². The number of amides is 2. The lowest BCUT2D eigenvalue weighted by atomic mass is 10.1. The molecule has 0 radical (unpaired) electrons. The third-order valence-corrected chi connectivity index (χ3v) is 4.08. The maximum atomic E-state index is 12.2. The van der Waals surface area contributed by atoms with Crippen molar-refractivity contribution in [3.8, 4) is 11.5 Å². The van der Waals surface area contributed by atoms with Crippen molar-refractivity contribution in [3.63, 3.8) is 0 Å². The molecule has 0 aliphatic carbocycles. The highest BCUT2D eigenvalue weighted by molar-refractivity contribution is 5.85. The number of carbonyl (C=O) groups is 2. The number of carbonyl (C=O) groups excluding carboxylic acids is 2. The summed E-state index contributed by atoms with van der Waals surface area (Å²) < 4.78 is 11.1. The quantitative estimate of drug-likeness (QED) is 0.697. The molecule has 0 bridgehead atoms. The van der Waals surface area contributed by atoms with Crippen molar-refractivity contribution in [2.45, 2.75) is 39.3 Å². The number of rotatable bonds is 9. The Kier molecular flexibility index (Phi) is 7.87. The number of nitrogens with one attached hydrogen (secondary N) is 2. The van der Waals surface area contributed by atoms with Gasteiger partial charge in [-0.1, -0.05) is 36.4 Å². The van der Waals surface area contributed by atoms with E-state index in [9.17, 15) is 9.59 Å². The van der Waals surface area contributed by atoms with Crippen molar-refractivity contribution >= 4 is 11.8 Å². The first-order valence-electron chi connectivity index (χ1n) is 9.33. The Morgan fingerprint density at radius 3 is 2.32 bits per heavy atom. The van der Waals surface area contributed by atoms with Crippen LogP contribution in [0.1, 0.15) is 37.9 Å². The highest BCUT2D eigenvalue weighted by Crippen LogP contribution is 2.31. The van der Waals surface area contributed by atoms with Crippen molar-refractivity contribution in [2.24, 2.45) is 0 Å². The molecular formula is C22H28N2O4. The van der Waals surface area contributed by atoms with E-state index in [1.54, 1.807) is 7.11 Å². The van der Waals surface area contributed by atoms with Gasteiger partial charge in [-0.3, -0.25) is 9.59 Å². The van der Waals surface area contributed by atoms with Crippen molar-refractivity contribution in [3.05, 3.63) is 59.7 Å². The van der Waals surface area contributed by atoms with Gasteiger partial charge in [0.15, 0.2) is 11.5 Å². The molecule has 1 atom stereocenters. The van der Waals surface area contributed by atoms with Crippen LogP contribution in [0.4, 0.5) is 0 Å². The number of hydrogen-bond acceptors (Lipinski definition) is 4. The highest BCUT2D eigenvalue weighted by Gasteiger charge is 2.14. The normalized spacial score (nSPS) is 11.6. The molecular weight excluding hydrogens is 356 g/mol. The molecule has 0 aromatic heterocycles. The lowest BCUT2D eigenvalue weighted by Gasteiger charge is -2.18. The largest absolute Gasteiger partial charge is 0.493 e. The van der Waals surface area contributed by atoms with E-state index < -0.39 is 0 Å². The third kappa shape index (κ3) is 6.61. The van der Waals surface area contributed by atoms with E-state index in [1.807, 2.05) is 69.3 Å². The van der Waals surface area contributed by atoms with Crippen LogP contribution in [0.3, 0.4) is 0 Å². The van der Waals surface area contributed by atoms with Gasteiger partial charge >= 0.3 is 0 Å². The van der Waals surface area contributed by atoms with Crippen LogP contribution in [0.5, 0.6) is 11.5 Å². The fraction of sp³-hybridized carbons (Fsp3) is 0.364. The van der Waals surface area contributed by atoms with E-state index in [0.717, 1.165) is 11.1 Å². The van der Waals surface area contributed by atoms with Gasteiger partial charge in [0.05, 0.1) is 32.2 Å². The second-order valence-electron chi connectivity index (χ2n) is 6.81. The summed E-state index contributed by atoms with van der Waals surface area (Å²) in [5, 5.41) is 5.52. The molecule has 0 heterocycles. The van der Waals surface area contributed by atoms with Gasteiger partial charge in [0, 0.05) is 0 Å². The summed E-state index contributed by atoms with van der Waals surface area (Å²) >= 11 is 0. The maximum Gasteiger partial charge on any atom is 0.239 e. The number of hydrogen-bond donors (Lipinski definition) is 2. The first-order chi connectivity index (χ1) is 13.4.